The molecule has 21 heteroatoms. The molecular weight excluding hydrogens is 771 g/mol. The molecule has 0 bridgehead atoms. The lowest BCUT2D eigenvalue weighted by Crippen LogP contribution is -2.42. The standard InChI is InChI=1S/C19H22F3N3O3.C14H14F3N3O.C2HF3O2/c1-18(2,3)28-17(26)24-8-9-25-14(11-24)15(23-16(25)19(20,21)22)12-6-5-7-13(10-12)27-4;1-21-10-4-2-3-9(7-10)12-11-8-18-5-6-20(11)13(19-12)14(15,16)17;3-2(4,5)1(6)7/h5-7,10H,8-9,11H2,1-4H3;2-4,7,18H,5-6,8H2,1H3;(H,6,7). The van der Waals surface area contributed by atoms with E-state index in [0.717, 1.165) is 4.57 Å². The summed E-state index contributed by atoms with van der Waals surface area (Å²) in [6, 6.07) is 13.6. The minimum Gasteiger partial charge on any atom is -0.497 e. The molecule has 0 radical (unpaired) electrons. The maximum absolute atomic E-state index is 13.5. The molecule has 0 unspecified atom stereocenters. The lowest BCUT2D eigenvalue weighted by molar-refractivity contribution is -0.192. The molecule has 2 aliphatic rings. The van der Waals surface area contributed by atoms with Crippen LogP contribution in [-0.2, 0) is 48.1 Å². The zero-order valence-electron chi connectivity index (χ0n) is 30.5. The Hall–Kier alpha value is -5.47. The molecule has 0 aliphatic carbocycles. The number of aliphatic carboxylic acids is 1. The first-order valence-electron chi connectivity index (χ1n) is 16.6. The molecule has 0 saturated heterocycles. The molecular formula is C35H37F9N6O6. The number of aromatic nitrogens is 4. The molecule has 4 aromatic rings. The summed E-state index contributed by atoms with van der Waals surface area (Å²) in [4.78, 5) is 30.4. The van der Waals surface area contributed by atoms with Crippen molar-refractivity contribution in [3.05, 3.63) is 71.6 Å². The fourth-order valence-corrected chi connectivity index (χ4v) is 5.59. The lowest BCUT2D eigenvalue weighted by atomic mass is 10.1. The number of alkyl halides is 9. The Bertz CT molecular complexity index is 2020. The number of carbonyl (C=O) groups is 2. The largest absolute Gasteiger partial charge is 0.497 e. The molecule has 1 amide bonds. The van der Waals surface area contributed by atoms with Crippen molar-refractivity contribution in [3.63, 3.8) is 0 Å². The summed E-state index contributed by atoms with van der Waals surface area (Å²) in [6.07, 6.45) is -14.7. The van der Waals surface area contributed by atoms with Crippen LogP contribution < -0.4 is 14.8 Å². The molecule has 0 saturated carbocycles. The number of hydrogen-bond donors (Lipinski definition) is 2. The second kappa shape index (κ2) is 16.7. The van der Waals surface area contributed by atoms with E-state index in [1.54, 1.807) is 69.3 Å². The Morgan fingerprint density at radius 2 is 1.20 bits per heavy atom. The summed E-state index contributed by atoms with van der Waals surface area (Å²) in [5.41, 5.74) is 1.83. The summed E-state index contributed by atoms with van der Waals surface area (Å²) in [7, 11) is 3.00. The zero-order valence-corrected chi connectivity index (χ0v) is 30.5. The van der Waals surface area contributed by atoms with Crippen LogP contribution in [0.1, 0.15) is 43.8 Å². The van der Waals surface area contributed by atoms with Crippen molar-refractivity contribution in [2.75, 3.05) is 27.3 Å². The average molecular weight is 809 g/mol. The number of benzene rings is 2. The van der Waals surface area contributed by atoms with E-state index < -0.39 is 47.8 Å². The lowest BCUT2D eigenvalue weighted by Gasteiger charge is -2.31. The fourth-order valence-electron chi connectivity index (χ4n) is 5.59. The van der Waals surface area contributed by atoms with Crippen LogP contribution in [-0.4, -0.2) is 80.3 Å². The summed E-state index contributed by atoms with van der Waals surface area (Å²) in [6.45, 7) is 6.43. The van der Waals surface area contributed by atoms with Gasteiger partial charge in [0.25, 0.3) is 0 Å². The summed E-state index contributed by atoms with van der Waals surface area (Å²) in [5, 5.41) is 10.2. The SMILES string of the molecule is COc1cccc(-c2nc(C(F)(F)F)n3c2CN(C(=O)OC(C)(C)C)CC3)c1.COc1cccc(-c2nc(C(F)(F)F)n3c2CNCC3)c1.O=C(O)C(F)(F)F. The molecule has 2 aromatic carbocycles. The minimum absolute atomic E-state index is 0.0135. The third-order valence-corrected chi connectivity index (χ3v) is 7.97. The number of rotatable bonds is 4. The first-order valence-corrected chi connectivity index (χ1v) is 16.6. The smallest absolute Gasteiger partial charge is 0.490 e. The molecule has 2 aromatic heterocycles. The Kier molecular flexibility index (Phi) is 12.9. The van der Waals surface area contributed by atoms with Gasteiger partial charge in [-0.15, -0.1) is 0 Å². The van der Waals surface area contributed by atoms with Crippen LogP contribution in [0.2, 0.25) is 0 Å². The van der Waals surface area contributed by atoms with Crippen molar-refractivity contribution in [1.29, 1.82) is 0 Å². The van der Waals surface area contributed by atoms with Crippen LogP contribution in [0, 0.1) is 0 Å². The van der Waals surface area contributed by atoms with Crippen LogP contribution in [0.3, 0.4) is 0 Å². The first kappa shape index (κ1) is 43.3. The predicted octanol–water partition coefficient (Wildman–Crippen LogP) is 7.64. The third-order valence-electron chi connectivity index (χ3n) is 7.97. The van der Waals surface area contributed by atoms with Crippen molar-refractivity contribution in [3.8, 4) is 34.0 Å². The molecule has 0 fully saturated rings. The quantitative estimate of drug-likeness (QED) is 0.200. The van der Waals surface area contributed by atoms with Crippen molar-refractivity contribution < 1.29 is 68.4 Å². The summed E-state index contributed by atoms with van der Waals surface area (Å²) in [5.74, 6) is -3.47. The van der Waals surface area contributed by atoms with E-state index in [1.807, 2.05) is 0 Å². The number of hydrogen-bond acceptors (Lipinski definition) is 8. The van der Waals surface area contributed by atoms with E-state index in [-0.39, 0.29) is 31.9 Å². The van der Waals surface area contributed by atoms with Crippen LogP contribution in [0.15, 0.2) is 48.5 Å². The summed E-state index contributed by atoms with van der Waals surface area (Å²) < 4.78 is 130. The number of amides is 1. The highest BCUT2D eigenvalue weighted by molar-refractivity contribution is 5.73. The van der Waals surface area contributed by atoms with Gasteiger partial charge in [-0.25, -0.2) is 19.6 Å². The molecule has 2 aliphatic heterocycles. The number of nitrogens with zero attached hydrogens (tertiary/aromatic N) is 5. The van der Waals surface area contributed by atoms with E-state index in [0.29, 0.717) is 52.8 Å². The van der Waals surface area contributed by atoms with Gasteiger partial charge in [-0.05, 0) is 45.0 Å². The van der Waals surface area contributed by atoms with E-state index in [4.69, 9.17) is 24.1 Å². The summed E-state index contributed by atoms with van der Waals surface area (Å²) >= 11 is 0. The number of methoxy groups -OCH3 is 2. The Labute approximate surface area is 313 Å². The highest BCUT2D eigenvalue weighted by atomic mass is 19.4. The van der Waals surface area contributed by atoms with Gasteiger partial charge in [0.05, 0.1) is 43.5 Å². The van der Waals surface area contributed by atoms with Crippen molar-refractivity contribution >= 4 is 12.1 Å². The number of carbonyl (C=O) groups excluding carboxylic acids is 1. The van der Waals surface area contributed by atoms with E-state index in [9.17, 15) is 44.3 Å². The van der Waals surface area contributed by atoms with E-state index in [1.165, 1.54) is 23.7 Å². The minimum atomic E-state index is -5.08. The second-order valence-corrected chi connectivity index (χ2v) is 13.1. The molecule has 12 nitrogen and oxygen atoms in total. The van der Waals surface area contributed by atoms with Gasteiger partial charge in [0.2, 0.25) is 11.6 Å². The zero-order chi connectivity index (χ0) is 41.8. The van der Waals surface area contributed by atoms with Crippen LogP contribution in [0.4, 0.5) is 44.3 Å². The van der Waals surface area contributed by atoms with Crippen LogP contribution >= 0.6 is 0 Å². The van der Waals surface area contributed by atoms with Gasteiger partial charge in [-0.3, -0.25) is 0 Å². The topological polar surface area (TPSA) is 133 Å². The van der Waals surface area contributed by atoms with Gasteiger partial charge < -0.3 is 38.7 Å². The van der Waals surface area contributed by atoms with Gasteiger partial charge in [0, 0.05) is 43.9 Å². The number of halogens is 9. The number of nitrogens with one attached hydrogen (secondary N) is 1. The Balaban J connectivity index is 0.000000218. The molecule has 0 atom stereocenters. The fraction of sp³-hybridized carbons (Fsp3) is 0.429. The van der Waals surface area contributed by atoms with Crippen molar-refractivity contribution in [1.82, 2.24) is 29.3 Å². The molecule has 56 heavy (non-hydrogen) atoms. The van der Waals surface area contributed by atoms with Gasteiger partial charge in [-0.1, -0.05) is 24.3 Å². The first-order chi connectivity index (χ1) is 25.9. The molecule has 2 N–H and O–H groups in total. The van der Waals surface area contributed by atoms with Crippen LogP contribution in [0.5, 0.6) is 11.5 Å². The third kappa shape index (κ3) is 10.6. The molecule has 6 rings (SSSR count). The van der Waals surface area contributed by atoms with Crippen LogP contribution in [0.25, 0.3) is 22.5 Å². The highest BCUT2D eigenvalue weighted by Crippen LogP contribution is 2.38. The number of ether oxygens (including phenoxy) is 3. The van der Waals surface area contributed by atoms with E-state index >= 15 is 0 Å². The Morgan fingerprint density at radius 3 is 1.62 bits per heavy atom. The monoisotopic (exact) mass is 808 g/mol. The van der Waals surface area contributed by atoms with Gasteiger partial charge in [-0.2, -0.15) is 39.5 Å². The average Bonchev–Trinajstić information content (AvgIpc) is 3.71. The number of carboxylic acid groups (broad SMARTS) is 1. The predicted molar refractivity (Wildman–Crippen MR) is 180 cm³/mol. The number of carboxylic acids is 1. The second-order valence-electron chi connectivity index (χ2n) is 13.1. The van der Waals surface area contributed by atoms with Crippen molar-refractivity contribution in [2.45, 2.75) is 71.1 Å². The molecule has 306 valence electrons. The Morgan fingerprint density at radius 1 is 0.732 bits per heavy atom. The van der Waals surface area contributed by atoms with E-state index in [2.05, 4.69) is 15.3 Å². The normalized spacial score (nSPS) is 14.3. The molecule has 4 heterocycles. The molecule has 0 spiro atoms. The van der Waals surface area contributed by atoms with Gasteiger partial charge >= 0.3 is 30.6 Å². The van der Waals surface area contributed by atoms with Gasteiger partial charge in [0.15, 0.2) is 0 Å². The van der Waals surface area contributed by atoms with Gasteiger partial charge in [0.1, 0.15) is 17.1 Å². The maximum atomic E-state index is 13.5. The number of imidazole rings is 2. The maximum Gasteiger partial charge on any atom is 0.490 e. The van der Waals surface area contributed by atoms with Crippen molar-refractivity contribution in [2.24, 2.45) is 0 Å². The highest BCUT2D eigenvalue weighted by Gasteiger charge is 2.42. The number of fused-ring (bicyclic) bond motifs is 2.